The second-order valence-electron chi connectivity index (χ2n) is 6.68. The second kappa shape index (κ2) is 8.79. The highest BCUT2D eigenvalue weighted by Crippen LogP contribution is 2.39. The van der Waals surface area contributed by atoms with Crippen molar-refractivity contribution in [2.45, 2.75) is 6.54 Å². The molecule has 0 aliphatic rings. The molecule has 0 amide bonds. The van der Waals surface area contributed by atoms with Crippen LogP contribution in [-0.2, 0) is 6.54 Å². The number of hydrogen-bond donors (Lipinski definition) is 2. The van der Waals surface area contributed by atoms with Gasteiger partial charge in [0, 0.05) is 16.1 Å². The molecule has 0 bridgehead atoms. The van der Waals surface area contributed by atoms with Crippen LogP contribution in [0.3, 0.4) is 0 Å². The van der Waals surface area contributed by atoms with Gasteiger partial charge in [-0.3, -0.25) is 0 Å². The summed E-state index contributed by atoms with van der Waals surface area (Å²) in [6.07, 6.45) is 0. The van der Waals surface area contributed by atoms with Gasteiger partial charge < -0.3 is 15.0 Å². The summed E-state index contributed by atoms with van der Waals surface area (Å²) in [6.45, 7) is 0.233. The number of nitrogens with one attached hydrogen (secondary N) is 1. The molecule has 1 aromatic heterocycles. The van der Waals surface area contributed by atoms with Gasteiger partial charge in [-0.25, -0.2) is 8.78 Å². The van der Waals surface area contributed by atoms with Crippen molar-refractivity contribution in [2.75, 3.05) is 5.32 Å². The third-order valence-corrected chi connectivity index (χ3v) is 5.00. The van der Waals surface area contributed by atoms with E-state index in [1.165, 1.54) is 30.3 Å². The van der Waals surface area contributed by atoms with Crippen LogP contribution in [0.1, 0.15) is 5.56 Å². The molecule has 31 heavy (non-hydrogen) atoms. The minimum absolute atomic E-state index is 0.0533. The Hall–Kier alpha value is -3.36. The molecule has 0 unspecified atom stereocenters. The Balaban J connectivity index is 1.66. The average molecular weight is 457 g/mol. The van der Waals surface area contributed by atoms with E-state index in [1.807, 2.05) is 0 Å². The fraction of sp³-hybridized carbons (Fsp3) is 0.0455. The first-order valence-electron chi connectivity index (χ1n) is 9.14. The van der Waals surface area contributed by atoms with Crippen molar-refractivity contribution in [3.05, 3.63) is 89.0 Å². The zero-order chi connectivity index (χ0) is 22.0. The molecule has 156 valence electrons. The van der Waals surface area contributed by atoms with Crippen LogP contribution in [0.2, 0.25) is 5.02 Å². The SMILES string of the molecule is Oc1c(N=NC(=S)Nc2ccc(Cl)cc2)c2cc(F)ccc2n1Cc1ccc(F)cc1. The number of benzene rings is 3. The van der Waals surface area contributed by atoms with Crippen LogP contribution in [0.15, 0.2) is 77.0 Å². The molecular weight excluding hydrogens is 442 g/mol. The van der Waals surface area contributed by atoms with Crippen molar-refractivity contribution >= 4 is 51.2 Å². The van der Waals surface area contributed by atoms with E-state index in [4.69, 9.17) is 23.8 Å². The van der Waals surface area contributed by atoms with Crippen molar-refractivity contribution in [2.24, 2.45) is 10.2 Å². The van der Waals surface area contributed by atoms with Crippen LogP contribution in [0.4, 0.5) is 20.2 Å². The number of nitrogens with zero attached hydrogens (tertiary/aromatic N) is 3. The lowest BCUT2D eigenvalue weighted by Gasteiger charge is -2.07. The first kappa shape index (κ1) is 20.9. The highest BCUT2D eigenvalue weighted by Gasteiger charge is 2.18. The fourth-order valence-corrected chi connectivity index (χ4v) is 3.39. The summed E-state index contributed by atoms with van der Waals surface area (Å²) in [4.78, 5) is 0. The number of hydrogen-bond acceptors (Lipinski definition) is 3. The van der Waals surface area contributed by atoms with Crippen molar-refractivity contribution < 1.29 is 13.9 Å². The summed E-state index contributed by atoms with van der Waals surface area (Å²) in [5, 5.41) is 22.7. The summed E-state index contributed by atoms with van der Waals surface area (Å²) in [6, 6.07) is 16.8. The Labute approximate surface area is 186 Å². The largest absolute Gasteiger partial charge is 0.493 e. The van der Waals surface area contributed by atoms with Crippen LogP contribution < -0.4 is 5.32 Å². The third kappa shape index (κ3) is 4.70. The Morgan fingerprint density at radius 1 is 1.00 bits per heavy atom. The minimum atomic E-state index is -0.482. The predicted octanol–water partition coefficient (Wildman–Crippen LogP) is 6.81. The average Bonchev–Trinajstić information content (AvgIpc) is 3.00. The molecule has 1 heterocycles. The van der Waals surface area contributed by atoms with E-state index in [2.05, 4.69) is 15.5 Å². The molecule has 2 N–H and O–H groups in total. The number of rotatable bonds is 4. The molecule has 0 fully saturated rings. The quantitative estimate of drug-likeness (QED) is 0.262. The van der Waals surface area contributed by atoms with Crippen molar-refractivity contribution in [1.29, 1.82) is 0 Å². The van der Waals surface area contributed by atoms with Crippen LogP contribution in [-0.4, -0.2) is 14.8 Å². The number of aromatic hydroxyl groups is 1. The summed E-state index contributed by atoms with van der Waals surface area (Å²) in [5.74, 6) is -1.05. The van der Waals surface area contributed by atoms with Gasteiger partial charge in [0.05, 0.1) is 12.1 Å². The lowest BCUT2D eigenvalue weighted by Crippen LogP contribution is -2.04. The van der Waals surface area contributed by atoms with Crippen LogP contribution >= 0.6 is 23.8 Å². The number of halogens is 3. The van der Waals surface area contributed by atoms with Gasteiger partial charge in [0.15, 0.2) is 5.69 Å². The molecular formula is C22H15ClF2N4OS. The molecule has 0 aliphatic heterocycles. The molecule has 0 radical (unpaired) electrons. The first-order valence-corrected chi connectivity index (χ1v) is 9.93. The van der Waals surface area contributed by atoms with Gasteiger partial charge in [-0.2, -0.15) is 0 Å². The lowest BCUT2D eigenvalue weighted by molar-refractivity contribution is 0.429. The zero-order valence-electron chi connectivity index (χ0n) is 15.9. The van der Waals surface area contributed by atoms with Gasteiger partial charge >= 0.3 is 0 Å². The van der Waals surface area contributed by atoms with E-state index >= 15 is 0 Å². The molecule has 0 saturated heterocycles. The number of azo groups is 1. The van der Waals surface area contributed by atoms with E-state index in [1.54, 1.807) is 41.0 Å². The van der Waals surface area contributed by atoms with Gasteiger partial charge in [0.1, 0.15) is 11.6 Å². The summed E-state index contributed by atoms with van der Waals surface area (Å²) in [7, 11) is 0. The normalized spacial score (nSPS) is 11.3. The van der Waals surface area contributed by atoms with Gasteiger partial charge in [0.25, 0.3) is 0 Å². The minimum Gasteiger partial charge on any atom is -0.493 e. The summed E-state index contributed by atoms with van der Waals surface area (Å²) >= 11 is 11.0. The fourth-order valence-electron chi connectivity index (χ4n) is 3.10. The van der Waals surface area contributed by atoms with E-state index in [9.17, 15) is 13.9 Å². The van der Waals surface area contributed by atoms with E-state index in [0.29, 0.717) is 21.6 Å². The maximum atomic E-state index is 13.9. The highest BCUT2D eigenvalue weighted by molar-refractivity contribution is 7.80. The molecule has 4 aromatic rings. The molecule has 0 saturated carbocycles. The lowest BCUT2D eigenvalue weighted by atomic mass is 10.2. The standard InChI is InChI=1S/C22H15ClF2N4OS/c23-14-3-8-17(9-4-14)26-22(31)28-27-20-18-11-16(25)7-10-19(18)29(21(20)30)12-13-1-5-15(24)6-2-13/h1-11,30H,12H2,(H,26,31). The summed E-state index contributed by atoms with van der Waals surface area (Å²) in [5.41, 5.74) is 2.05. The number of anilines is 1. The van der Waals surface area contributed by atoms with Crippen molar-refractivity contribution in [3.63, 3.8) is 0 Å². The smallest absolute Gasteiger partial charge is 0.221 e. The van der Waals surface area contributed by atoms with Gasteiger partial charge in [-0.05, 0) is 72.4 Å². The second-order valence-corrected chi connectivity index (χ2v) is 7.51. The van der Waals surface area contributed by atoms with Crippen LogP contribution in [0.5, 0.6) is 5.88 Å². The Morgan fingerprint density at radius 2 is 1.68 bits per heavy atom. The molecule has 0 atom stereocenters. The molecule has 0 aliphatic carbocycles. The number of fused-ring (bicyclic) bond motifs is 1. The topological polar surface area (TPSA) is 61.9 Å². The van der Waals surface area contributed by atoms with Gasteiger partial charge in [-0.15, -0.1) is 10.2 Å². The summed E-state index contributed by atoms with van der Waals surface area (Å²) < 4.78 is 28.7. The molecule has 4 rings (SSSR count). The predicted molar refractivity (Wildman–Crippen MR) is 121 cm³/mol. The van der Waals surface area contributed by atoms with E-state index in [0.717, 1.165) is 5.56 Å². The highest BCUT2D eigenvalue weighted by atomic mass is 35.5. The van der Waals surface area contributed by atoms with Gasteiger partial charge in [0.2, 0.25) is 11.0 Å². The molecule has 3 aromatic carbocycles. The Bertz CT molecular complexity index is 1290. The number of thiocarbonyl (C=S) groups is 1. The van der Waals surface area contributed by atoms with Crippen LogP contribution in [0.25, 0.3) is 10.9 Å². The monoisotopic (exact) mass is 456 g/mol. The van der Waals surface area contributed by atoms with Crippen molar-refractivity contribution in [1.82, 2.24) is 4.57 Å². The molecule has 9 heteroatoms. The maximum Gasteiger partial charge on any atom is 0.221 e. The maximum absolute atomic E-state index is 13.9. The number of aromatic nitrogens is 1. The van der Waals surface area contributed by atoms with Crippen molar-refractivity contribution in [3.8, 4) is 5.88 Å². The molecule has 5 nitrogen and oxygen atoms in total. The Kier molecular flexibility index (Phi) is 5.92. The third-order valence-electron chi connectivity index (χ3n) is 4.56. The zero-order valence-corrected chi connectivity index (χ0v) is 17.5. The van der Waals surface area contributed by atoms with Gasteiger partial charge in [-0.1, -0.05) is 23.7 Å². The van der Waals surface area contributed by atoms with E-state index in [-0.39, 0.29) is 29.0 Å². The van der Waals surface area contributed by atoms with E-state index < -0.39 is 5.82 Å². The van der Waals surface area contributed by atoms with Crippen LogP contribution in [0, 0.1) is 11.6 Å². The first-order chi connectivity index (χ1) is 14.9. The Morgan fingerprint density at radius 3 is 2.39 bits per heavy atom. The molecule has 0 spiro atoms.